The summed E-state index contributed by atoms with van der Waals surface area (Å²) < 4.78 is 14.4. The van der Waals surface area contributed by atoms with E-state index in [1.54, 1.807) is 18.2 Å². The quantitative estimate of drug-likeness (QED) is 0.551. The molecule has 6 rings (SSSR count). The topological polar surface area (TPSA) is 40.6 Å². The molecule has 5 heteroatoms. The number of benzene rings is 3. The summed E-state index contributed by atoms with van der Waals surface area (Å²) >= 11 is 0. The normalized spacial score (nSPS) is 24.2. The van der Waals surface area contributed by atoms with Gasteiger partial charge in [0.05, 0.1) is 17.1 Å². The Morgan fingerprint density at radius 3 is 2.55 bits per heavy atom. The number of imide groups is 1. The van der Waals surface area contributed by atoms with Gasteiger partial charge in [-0.2, -0.15) is 0 Å². The molecule has 2 unspecified atom stereocenters. The highest BCUT2D eigenvalue weighted by Crippen LogP contribution is 2.55. The first-order valence-electron chi connectivity index (χ1n) is 10.7. The standard InChI is InChI=1S/C26H21FN2O2/c27-18-10-11-22-21(14-18)26(15-23-20-9-5-4-6-17(20)12-13-28(22)23)16-24(30)29(25(26)31)19-7-2-1-3-8-19/h1-11,14,23H,12-13,15-16H2. The number of carbonyl (C=O) groups excluding carboxylic acids is 2. The van der Waals surface area contributed by atoms with Crippen LogP contribution in [0, 0.1) is 5.82 Å². The van der Waals surface area contributed by atoms with Gasteiger partial charge in [-0.15, -0.1) is 0 Å². The number of hydrogen-bond donors (Lipinski definition) is 0. The summed E-state index contributed by atoms with van der Waals surface area (Å²) in [5.41, 5.74) is 3.49. The van der Waals surface area contributed by atoms with E-state index in [-0.39, 0.29) is 30.1 Å². The van der Waals surface area contributed by atoms with Crippen LogP contribution in [0.5, 0.6) is 0 Å². The van der Waals surface area contributed by atoms with Gasteiger partial charge in [0, 0.05) is 18.7 Å². The minimum Gasteiger partial charge on any atom is -0.364 e. The highest BCUT2D eigenvalue weighted by Gasteiger charge is 2.58. The molecule has 0 saturated carbocycles. The predicted molar refractivity (Wildman–Crippen MR) is 116 cm³/mol. The molecule has 154 valence electrons. The number of halogens is 1. The average Bonchev–Trinajstić information content (AvgIpc) is 3.04. The van der Waals surface area contributed by atoms with Gasteiger partial charge < -0.3 is 4.90 Å². The van der Waals surface area contributed by atoms with Crippen LogP contribution in [0.1, 0.15) is 35.6 Å². The average molecular weight is 412 g/mol. The number of carbonyl (C=O) groups is 2. The summed E-state index contributed by atoms with van der Waals surface area (Å²) in [6.07, 6.45) is 1.43. The van der Waals surface area contributed by atoms with Gasteiger partial charge in [0.1, 0.15) is 5.82 Å². The molecule has 0 N–H and O–H groups in total. The van der Waals surface area contributed by atoms with Gasteiger partial charge >= 0.3 is 0 Å². The van der Waals surface area contributed by atoms with Crippen molar-refractivity contribution in [2.24, 2.45) is 0 Å². The Morgan fingerprint density at radius 1 is 0.935 bits per heavy atom. The van der Waals surface area contributed by atoms with Crippen LogP contribution in [-0.4, -0.2) is 18.4 Å². The molecule has 3 aliphatic heterocycles. The zero-order valence-corrected chi connectivity index (χ0v) is 16.9. The molecule has 0 aliphatic carbocycles. The Morgan fingerprint density at radius 2 is 1.71 bits per heavy atom. The lowest BCUT2D eigenvalue weighted by atomic mass is 9.68. The van der Waals surface area contributed by atoms with Crippen LogP contribution in [0.3, 0.4) is 0 Å². The molecule has 0 bridgehead atoms. The zero-order valence-electron chi connectivity index (χ0n) is 16.9. The van der Waals surface area contributed by atoms with Crippen molar-refractivity contribution >= 4 is 23.2 Å². The van der Waals surface area contributed by atoms with Crippen LogP contribution in [0.4, 0.5) is 15.8 Å². The molecule has 1 spiro atoms. The fraction of sp³-hybridized carbons (Fsp3) is 0.231. The second kappa shape index (κ2) is 6.51. The summed E-state index contributed by atoms with van der Waals surface area (Å²) in [6, 6.07) is 22.0. The van der Waals surface area contributed by atoms with Gasteiger partial charge in [0.25, 0.3) is 0 Å². The van der Waals surface area contributed by atoms with Crippen molar-refractivity contribution in [3.63, 3.8) is 0 Å². The van der Waals surface area contributed by atoms with E-state index in [4.69, 9.17) is 0 Å². The molecule has 31 heavy (non-hydrogen) atoms. The molecule has 1 saturated heterocycles. The van der Waals surface area contributed by atoms with Crippen molar-refractivity contribution in [1.82, 2.24) is 0 Å². The molecular formula is C26H21FN2O2. The third-order valence-electron chi connectivity index (χ3n) is 7.07. The first-order valence-corrected chi connectivity index (χ1v) is 10.7. The lowest BCUT2D eigenvalue weighted by molar-refractivity contribution is -0.123. The SMILES string of the molecule is O=C1CC2(CC3c4ccccc4CCN3c3ccc(F)cc32)C(=O)N1c1ccccc1. The highest BCUT2D eigenvalue weighted by molar-refractivity contribution is 6.25. The van der Waals surface area contributed by atoms with E-state index in [2.05, 4.69) is 17.0 Å². The van der Waals surface area contributed by atoms with Crippen LogP contribution in [0.15, 0.2) is 72.8 Å². The van der Waals surface area contributed by atoms with E-state index in [9.17, 15) is 14.0 Å². The maximum Gasteiger partial charge on any atom is 0.245 e. The van der Waals surface area contributed by atoms with Crippen molar-refractivity contribution in [2.75, 3.05) is 16.3 Å². The van der Waals surface area contributed by atoms with E-state index in [0.29, 0.717) is 17.7 Å². The minimum absolute atomic E-state index is 0.0182. The van der Waals surface area contributed by atoms with E-state index < -0.39 is 5.41 Å². The lowest BCUT2D eigenvalue weighted by Gasteiger charge is -2.48. The Balaban J connectivity index is 1.54. The Hall–Kier alpha value is -3.47. The van der Waals surface area contributed by atoms with Crippen LogP contribution in [0.2, 0.25) is 0 Å². The molecule has 2 atom stereocenters. The van der Waals surface area contributed by atoms with E-state index in [1.165, 1.54) is 28.2 Å². The summed E-state index contributed by atoms with van der Waals surface area (Å²) in [5, 5.41) is 0. The van der Waals surface area contributed by atoms with Crippen LogP contribution in [0.25, 0.3) is 0 Å². The lowest BCUT2D eigenvalue weighted by Crippen LogP contribution is -2.49. The number of fused-ring (bicyclic) bond motifs is 6. The number of amides is 2. The molecule has 3 aromatic carbocycles. The molecular weight excluding hydrogens is 391 g/mol. The second-order valence-corrected chi connectivity index (χ2v) is 8.65. The molecule has 1 fully saturated rings. The largest absolute Gasteiger partial charge is 0.364 e. The van der Waals surface area contributed by atoms with Gasteiger partial charge in [-0.1, -0.05) is 42.5 Å². The smallest absolute Gasteiger partial charge is 0.245 e. The number of rotatable bonds is 1. The zero-order chi connectivity index (χ0) is 21.2. The molecule has 4 nitrogen and oxygen atoms in total. The Kier molecular flexibility index (Phi) is 3.85. The molecule has 2 amide bonds. The van der Waals surface area contributed by atoms with Gasteiger partial charge in [-0.25, -0.2) is 9.29 Å². The molecule has 3 aromatic rings. The summed E-state index contributed by atoms with van der Waals surface area (Å²) in [5.74, 6) is -0.866. The van der Waals surface area contributed by atoms with Crippen molar-refractivity contribution in [2.45, 2.75) is 30.7 Å². The van der Waals surface area contributed by atoms with Gasteiger partial charge in [0.15, 0.2) is 0 Å². The maximum absolute atomic E-state index is 14.4. The number of anilines is 2. The third-order valence-corrected chi connectivity index (χ3v) is 7.07. The maximum atomic E-state index is 14.4. The van der Waals surface area contributed by atoms with Crippen molar-refractivity contribution in [1.29, 1.82) is 0 Å². The van der Waals surface area contributed by atoms with E-state index in [0.717, 1.165) is 18.7 Å². The van der Waals surface area contributed by atoms with Crippen LogP contribution < -0.4 is 9.80 Å². The number of hydrogen-bond acceptors (Lipinski definition) is 3. The Labute approximate surface area is 179 Å². The van der Waals surface area contributed by atoms with Crippen LogP contribution in [-0.2, 0) is 21.4 Å². The van der Waals surface area contributed by atoms with Gasteiger partial charge in [-0.3, -0.25) is 9.59 Å². The molecule has 3 heterocycles. The first-order chi connectivity index (χ1) is 15.1. The second-order valence-electron chi connectivity index (χ2n) is 8.65. The van der Waals surface area contributed by atoms with E-state index in [1.807, 2.05) is 30.3 Å². The van der Waals surface area contributed by atoms with Crippen molar-refractivity contribution < 1.29 is 14.0 Å². The fourth-order valence-corrected chi connectivity index (χ4v) is 5.69. The summed E-state index contributed by atoms with van der Waals surface area (Å²) in [4.78, 5) is 30.6. The monoisotopic (exact) mass is 412 g/mol. The summed E-state index contributed by atoms with van der Waals surface area (Å²) in [7, 11) is 0. The number of para-hydroxylation sites is 1. The van der Waals surface area contributed by atoms with Gasteiger partial charge in [0.2, 0.25) is 11.8 Å². The van der Waals surface area contributed by atoms with Crippen molar-refractivity contribution in [3.8, 4) is 0 Å². The van der Waals surface area contributed by atoms with E-state index >= 15 is 0 Å². The number of nitrogens with zero attached hydrogens (tertiary/aromatic N) is 2. The van der Waals surface area contributed by atoms with Crippen molar-refractivity contribution in [3.05, 3.63) is 95.3 Å². The summed E-state index contributed by atoms with van der Waals surface area (Å²) in [6.45, 7) is 0.806. The highest BCUT2D eigenvalue weighted by atomic mass is 19.1. The first kappa shape index (κ1) is 18.3. The van der Waals surface area contributed by atoms with Gasteiger partial charge in [-0.05, 0) is 59.9 Å². The third kappa shape index (κ3) is 2.52. The molecule has 3 aliphatic rings. The molecule has 0 aromatic heterocycles. The predicted octanol–water partition coefficient (Wildman–Crippen LogP) is 4.53. The minimum atomic E-state index is -1.06. The fourth-order valence-electron chi connectivity index (χ4n) is 5.69. The van der Waals surface area contributed by atoms with Crippen LogP contribution >= 0.6 is 0 Å². The Bertz CT molecular complexity index is 1230. The molecule has 0 radical (unpaired) electrons.